The maximum atomic E-state index is 12.1. The molecule has 0 aromatic heterocycles. The van der Waals surface area contributed by atoms with E-state index in [4.69, 9.17) is 5.73 Å². The van der Waals surface area contributed by atoms with Gasteiger partial charge in [-0.1, -0.05) is 18.2 Å². The number of anilines is 2. The summed E-state index contributed by atoms with van der Waals surface area (Å²) in [5.74, 6) is -0.00238. The van der Waals surface area contributed by atoms with Crippen molar-refractivity contribution in [2.45, 2.75) is 24.0 Å². The fourth-order valence-electron chi connectivity index (χ4n) is 1.81. The average Bonchev–Trinajstić information content (AvgIpc) is 2.43. The van der Waals surface area contributed by atoms with Gasteiger partial charge in [0, 0.05) is 16.3 Å². The molecule has 4 heteroatoms. The van der Waals surface area contributed by atoms with Gasteiger partial charge < -0.3 is 11.1 Å². The monoisotopic (exact) mass is 286 g/mol. The molecule has 1 atom stereocenters. The van der Waals surface area contributed by atoms with E-state index < -0.39 is 0 Å². The molecule has 2 aromatic carbocycles. The third kappa shape index (κ3) is 3.78. The summed E-state index contributed by atoms with van der Waals surface area (Å²) in [7, 11) is 0. The van der Waals surface area contributed by atoms with E-state index in [1.807, 2.05) is 62.4 Å². The lowest BCUT2D eigenvalue weighted by atomic mass is 10.2. The first-order valence-corrected chi connectivity index (χ1v) is 7.33. The second-order valence-electron chi connectivity index (χ2n) is 4.64. The third-order valence-corrected chi connectivity index (χ3v) is 4.19. The normalized spacial score (nSPS) is 11.9. The number of carbonyl (C=O) groups is 1. The van der Waals surface area contributed by atoms with E-state index in [1.54, 1.807) is 0 Å². The zero-order valence-corrected chi connectivity index (χ0v) is 12.4. The van der Waals surface area contributed by atoms with Gasteiger partial charge in [0.15, 0.2) is 0 Å². The predicted octanol–water partition coefficient (Wildman–Crippen LogP) is 3.70. The Kier molecular flexibility index (Phi) is 4.69. The molecule has 2 rings (SSSR count). The molecule has 0 saturated heterocycles. The molecule has 0 fully saturated rings. The standard InChI is InChI=1S/C16H18N2OS/c1-11-10-13(17)8-9-15(11)20-12(2)16(19)18-14-6-4-3-5-7-14/h3-10,12H,17H2,1-2H3,(H,18,19). The topological polar surface area (TPSA) is 55.1 Å². The Morgan fingerprint density at radius 3 is 2.55 bits per heavy atom. The van der Waals surface area contributed by atoms with Crippen molar-refractivity contribution < 1.29 is 4.79 Å². The SMILES string of the molecule is Cc1cc(N)ccc1SC(C)C(=O)Nc1ccccc1. The largest absolute Gasteiger partial charge is 0.399 e. The molecule has 0 radical (unpaired) electrons. The van der Waals surface area contributed by atoms with Crippen LogP contribution in [0, 0.1) is 6.92 Å². The summed E-state index contributed by atoms with van der Waals surface area (Å²) in [6.45, 7) is 3.90. The van der Waals surface area contributed by atoms with Gasteiger partial charge in [0.2, 0.25) is 5.91 Å². The molecule has 0 aliphatic carbocycles. The van der Waals surface area contributed by atoms with Crippen molar-refractivity contribution >= 4 is 29.0 Å². The minimum Gasteiger partial charge on any atom is -0.399 e. The Bertz CT molecular complexity index is 599. The molecule has 3 N–H and O–H groups in total. The van der Waals surface area contributed by atoms with Crippen molar-refractivity contribution in [2.75, 3.05) is 11.1 Å². The van der Waals surface area contributed by atoms with Crippen LogP contribution in [0.15, 0.2) is 53.4 Å². The van der Waals surface area contributed by atoms with Gasteiger partial charge in [-0.05, 0) is 49.7 Å². The van der Waals surface area contributed by atoms with Crippen LogP contribution in [0.1, 0.15) is 12.5 Å². The van der Waals surface area contributed by atoms with Gasteiger partial charge in [-0.3, -0.25) is 4.79 Å². The van der Waals surface area contributed by atoms with Crippen molar-refractivity contribution in [3.05, 3.63) is 54.1 Å². The highest BCUT2D eigenvalue weighted by Crippen LogP contribution is 2.28. The molecule has 0 aliphatic rings. The van der Waals surface area contributed by atoms with Gasteiger partial charge in [-0.15, -0.1) is 11.8 Å². The molecule has 104 valence electrons. The van der Waals surface area contributed by atoms with Gasteiger partial charge in [-0.2, -0.15) is 0 Å². The molecule has 2 aromatic rings. The molecular weight excluding hydrogens is 268 g/mol. The number of aryl methyl sites for hydroxylation is 1. The Labute approximate surface area is 123 Å². The zero-order valence-electron chi connectivity index (χ0n) is 11.6. The number of nitrogens with one attached hydrogen (secondary N) is 1. The van der Waals surface area contributed by atoms with E-state index in [2.05, 4.69) is 5.32 Å². The fraction of sp³-hybridized carbons (Fsp3) is 0.188. The van der Waals surface area contributed by atoms with Crippen LogP contribution in [0.25, 0.3) is 0 Å². The van der Waals surface area contributed by atoms with Gasteiger partial charge >= 0.3 is 0 Å². The van der Waals surface area contributed by atoms with E-state index >= 15 is 0 Å². The molecule has 0 aliphatic heterocycles. The minimum absolute atomic E-state index is 0.00238. The minimum atomic E-state index is -0.169. The van der Waals surface area contributed by atoms with Crippen LogP contribution in [0.2, 0.25) is 0 Å². The number of hydrogen-bond donors (Lipinski definition) is 2. The number of nitrogens with two attached hydrogens (primary N) is 1. The van der Waals surface area contributed by atoms with Crippen LogP contribution in [0.3, 0.4) is 0 Å². The molecule has 0 heterocycles. The number of hydrogen-bond acceptors (Lipinski definition) is 3. The Morgan fingerprint density at radius 2 is 1.90 bits per heavy atom. The van der Waals surface area contributed by atoms with Crippen molar-refractivity contribution in [2.24, 2.45) is 0 Å². The summed E-state index contributed by atoms with van der Waals surface area (Å²) in [6.07, 6.45) is 0. The van der Waals surface area contributed by atoms with E-state index in [-0.39, 0.29) is 11.2 Å². The molecule has 1 amide bonds. The molecule has 1 unspecified atom stereocenters. The van der Waals surface area contributed by atoms with Crippen LogP contribution >= 0.6 is 11.8 Å². The molecule has 0 spiro atoms. The van der Waals surface area contributed by atoms with Gasteiger partial charge in [-0.25, -0.2) is 0 Å². The molecule has 3 nitrogen and oxygen atoms in total. The molecule has 20 heavy (non-hydrogen) atoms. The average molecular weight is 286 g/mol. The predicted molar refractivity (Wildman–Crippen MR) is 86.0 cm³/mol. The zero-order chi connectivity index (χ0) is 14.5. The summed E-state index contributed by atoms with van der Waals surface area (Å²) in [6, 6.07) is 15.2. The van der Waals surface area contributed by atoms with Crippen LogP contribution in [-0.2, 0) is 4.79 Å². The smallest absolute Gasteiger partial charge is 0.237 e. The number of benzene rings is 2. The first-order valence-electron chi connectivity index (χ1n) is 6.45. The summed E-state index contributed by atoms with van der Waals surface area (Å²) in [4.78, 5) is 13.2. The fourth-order valence-corrected chi connectivity index (χ4v) is 2.75. The molecule has 0 saturated carbocycles. The Balaban J connectivity index is 2.00. The van der Waals surface area contributed by atoms with E-state index in [0.29, 0.717) is 0 Å². The summed E-state index contributed by atoms with van der Waals surface area (Å²) in [5, 5.41) is 2.74. The summed E-state index contributed by atoms with van der Waals surface area (Å²) < 4.78 is 0. The first kappa shape index (κ1) is 14.5. The summed E-state index contributed by atoms with van der Waals surface area (Å²) in [5.41, 5.74) is 8.39. The number of amides is 1. The maximum Gasteiger partial charge on any atom is 0.237 e. The van der Waals surface area contributed by atoms with Crippen LogP contribution in [-0.4, -0.2) is 11.2 Å². The number of thioether (sulfide) groups is 1. The number of carbonyl (C=O) groups excluding carboxylic acids is 1. The van der Waals surface area contributed by atoms with E-state index in [1.165, 1.54) is 11.8 Å². The first-order chi connectivity index (χ1) is 9.56. The van der Waals surface area contributed by atoms with Crippen molar-refractivity contribution in [1.82, 2.24) is 0 Å². The van der Waals surface area contributed by atoms with Crippen molar-refractivity contribution in [3.8, 4) is 0 Å². The highest BCUT2D eigenvalue weighted by Gasteiger charge is 2.15. The lowest BCUT2D eigenvalue weighted by Crippen LogP contribution is -2.22. The number of nitrogen functional groups attached to an aromatic ring is 1. The van der Waals surface area contributed by atoms with Gasteiger partial charge in [0.25, 0.3) is 0 Å². The second-order valence-corrected chi connectivity index (χ2v) is 6.02. The highest BCUT2D eigenvalue weighted by molar-refractivity contribution is 8.00. The second kappa shape index (κ2) is 6.48. The van der Waals surface area contributed by atoms with E-state index in [0.717, 1.165) is 21.8 Å². The van der Waals surface area contributed by atoms with E-state index in [9.17, 15) is 4.79 Å². The lowest BCUT2D eigenvalue weighted by molar-refractivity contribution is -0.115. The van der Waals surface area contributed by atoms with Crippen LogP contribution in [0.4, 0.5) is 11.4 Å². The Morgan fingerprint density at radius 1 is 1.20 bits per heavy atom. The van der Waals surface area contributed by atoms with Crippen molar-refractivity contribution in [3.63, 3.8) is 0 Å². The Hall–Kier alpha value is -1.94. The third-order valence-electron chi connectivity index (χ3n) is 2.91. The molecule has 0 bridgehead atoms. The van der Waals surface area contributed by atoms with Gasteiger partial charge in [0.05, 0.1) is 5.25 Å². The van der Waals surface area contributed by atoms with Crippen LogP contribution in [0.5, 0.6) is 0 Å². The van der Waals surface area contributed by atoms with Crippen molar-refractivity contribution in [1.29, 1.82) is 0 Å². The lowest BCUT2D eigenvalue weighted by Gasteiger charge is -2.13. The highest BCUT2D eigenvalue weighted by atomic mass is 32.2. The summed E-state index contributed by atoms with van der Waals surface area (Å²) >= 11 is 1.54. The number of rotatable bonds is 4. The number of para-hydroxylation sites is 1. The van der Waals surface area contributed by atoms with Crippen LogP contribution < -0.4 is 11.1 Å². The quantitative estimate of drug-likeness (QED) is 0.665. The van der Waals surface area contributed by atoms with Gasteiger partial charge in [0.1, 0.15) is 0 Å². The maximum absolute atomic E-state index is 12.1. The molecular formula is C16H18N2OS.